The Morgan fingerprint density at radius 1 is 1.02 bits per heavy atom. The lowest BCUT2D eigenvalue weighted by Crippen LogP contribution is -2.22. The Kier molecular flexibility index (Phi) is 8.67. The van der Waals surface area contributed by atoms with Crippen molar-refractivity contribution in [2.24, 2.45) is 0 Å². The Balaban J connectivity index is 1.76. The monoisotopic (exact) mass is 554 g/mol. The summed E-state index contributed by atoms with van der Waals surface area (Å²) < 4.78 is 10.9. The number of nitro groups is 1. The van der Waals surface area contributed by atoms with E-state index in [1.54, 1.807) is 39.3 Å². The van der Waals surface area contributed by atoms with Crippen LogP contribution in [0.4, 0.5) is 11.4 Å². The molecule has 0 bridgehead atoms. The third kappa shape index (κ3) is 6.22. The van der Waals surface area contributed by atoms with E-state index in [-0.39, 0.29) is 11.6 Å². The first-order valence-electron chi connectivity index (χ1n) is 12.2. The number of nitriles is 1. The number of hydrogen-bond acceptors (Lipinski definition) is 8. The SMILES string of the molecule is COc1ccc(-c2cc(-c3ccc(C)cc3)nc(SC(C)C(=O)Nc3cccc([N+](=O)[O-])c3)c2C#N)cc1OC. The summed E-state index contributed by atoms with van der Waals surface area (Å²) >= 11 is 1.14. The summed E-state index contributed by atoms with van der Waals surface area (Å²) in [7, 11) is 3.09. The number of aryl methyl sites for hydroxylation is 1. The first kappa shape index (κ1) is 28.1. The molecule has 9 nitrogen and oxygen atoms in total. The molecule has 1 atom stereocenters. The van der Waals surface area contributed by atoms with Gasteiger partial charge in [0.25, 0.3) is 5.69 Å². The maximum Gasteiger partial charge on any atom is 0.271 e. The molecule has 0 saturated carbocycles. The summed E-state index contributed by atoms with van der Waals surface area (Å²) in [6.07, 6.45) is 0. The second-order valence-corrected chi connectivity index (χ2v) is 10.2. The lowest BCUT2D eigenvalue weighted by atomic mass is 9.98. The van der Waals surface area contributed by atoms with Crippen molar-refractivity contribution in [3.05, 3.63) is 94.0 Å². The molecule has 0 spiro atoms. The molecule has 0 aliphatic rings. The summed E-state index contributed by atoms with van der Waals surface area (Å²) in [6, 6.07) is 23.1. The molecule has 1 aromatic heterocycles. The number of carbonyl (C=O) groups excluding carboxylic acids is 1. The van der Waals surface area contributed by atoms with Crippen molar-refractivity contribution in [1.82, 2.24) is 4.98 Å². The molecular weight excluding hydrogens is 528 g/mol. The van der Waals surface area contributed by atoms with Crippen LogP contribution in [0.5, 0.6) is 11.5 Å². The van der Waals surface area contributed by atoms with Gasteiger partial charge in [0.1, 0.15) is 11.1 Å². The molecule has 0 saturated heterocycles. The molecule has 4 rings (SSSR count). The van der Waals surface area contributed by atoms with Gasteiger partial charge >= 0.3 is 0 Å². The largest absolute Gasteiger partial charge is 0.493 e. The standard InChI is InChI=1S/C30H26N4O5S/c1-18-8-10-20(11-9-18)26-16-24(21-12-13-27(38-3)28(14-21)39-4)25(17-31)30(33-26)40-19(2)29(35)32-22-6-5-7-23(15-22)34(36)37/h5-16,19H,1-4H3,(H,32,35). The van der Waals surface area contributed by atoms with Crippen LogP contribution in [0.25, 0.3) is 22.4 Å². The average Bonchev–Trinajstić information content (AvgIpc) is 2.96. The van der Waals surface area contributed by atoms with Crippen LogP contribution in [0.1, 0.15) is 18.1 Å². The minimum Gasteiger partial charge on any atom is -0.493 e. The number of thioether (sulfide) groups is 1. The van der Waals surface area contributed by atoms with Gasteiger partial charge in [-0.25, -0.2) is 4.98 Å². The van der Waals surface area contributed by atoms with Crippen molar-refractivity contribution >= 4 is 29.0 Å². The quantitative estimate of drug-likeness (QED) is 0.139. The summed E-state index contributed by atoms with van der Waals surface area (Å²) in [5.74, 6) is 0.680. The second-order valence-electron chi connectivity index (χ2n) is 8.84. The molecule has 1 unspecified atom stereocenters. The van der Waals surface area contributed by atoms with Crippen molar-refractivity contribution in [1.29, 1.82) is 5.26 Å². The van der Waals surface area contributed by atoms with Gasteiger partial charge in [-0.3, -0.25) is 14.9 Å². The fraction of sp³-hybridized carbons (Fsp3) is 0.167. The van der Waals surface area contributed by atoms with Crippen LogP contribution in [0.3, 0.4) is 0 Å². The number of methoxy groups -OCH3 is 2. The Bertz CT molecular complexity index is 1620. The topological polar surface area (TPSA) is 127 Å². The number of nitro benzene ring substituents is 1. The van der Waals surface area contributed by atoms with Gasteiger partial charge in [0, 0.05) is 28.9 Å². The third-order valence-electron chi connectivity index (χ3n) is 6.12. The molecule has 1 N–H and O–H groups in total. The fourth-order valence-corrected chi connectivity index (χ4v) is 4.91. The Morgan fingerprint density at radius 2 is 1.73 bits per heavy atom. The van der Waals surface area contributed by atoms with E-state index in [4.69, 9.17) is 14.5 Å². The number of nitrogens with zero attached hydrogens (tertiary/aromatic N) is 3. The van der Waals surface area contributed by atoms with Crippen molar-refractivity contribution in [2.75, 3.05) is 19.5 Å². The number of non-ortho nitro benzene ring substituents is 1. The molecule has 3 aromatic carbocycles. The van der Waals surface area contributed by atoms with Crippen LogP contribution in [0.2, 0.25) is 0 Å². The number of amides is 1. The molecular formula is C30H26N4O5S. The van der Waals surface area contributed by atoms with E-state index in [0.29, 0.717) is 39.0 Å². The predicted molar refractivity (Wildman–Crippen MR) is 155 cm³/mol. The normalized spacial score (nSPS) is 11.3. The maximum atomic E-state index is 13.1. The Labute approximate surface area is 235 Å². The zero-order valence-electron chi connectivity index (χ0n) is 22.3. The highest BCUT2D eigenvalue weighted by Gasteiger charge is 2.22. The Hall–Kier alpha value is -4.88. The lowest BCUT2D eigenvalue weighted by molar-refractivity contribution is -0.384. The van der Waals surface area contributed by atoms with E-state index in [2.05, 4.69) is 11.4 Å². The molecule has 0 fully saturated rings. The van der Waals surface area contributed by atoms with Crippen LogP contribution in [0, 0.1) is 28.4 Å². The predicted octanol–water partition coefficient (Wildman–Crippen LogP) is 6.64. The van der Waals surface area contributed by atoms with Crippen molar-refractivity contribution < 1.29 is 19.2 Å². The van der Waals surface area contributed by atoms with Gasteiger partial charge in [0.2, 0.25) is 5.91 Å². The van der Waals surface area contributed by atoms with E-state index in [9.17, 15) is 20.2 Å². The van der Waals surface area contributed by atoms with E-state index in [1.807, 2.05) is 43.3 Å². The van der Waals surface area contributed by atoms with Crippen LogP contribution in [-0.4, -0.2) is 35.3 Å². The van der Waals surface area contributed by atoms with Gasteiger partial charge in [-0.15, -0.1) is 0 Å². The lowest BCUT2D eigenvalue weighted by Gasteiger charge is -2.17. The van der Waals surface area contributed by atoms with E-state index >= 15 is 0 Å². The summed E-state index contributed by atoms with van der Waals surface area (Å²) in [6.45, 7) is 3.68. The summed E-state index contributed by atoms with van der Waals surface area (Å²) in [5, 5.41) is 23.8. The molecule has 40 heavy (non-hydrogen) atoms. The van der Waals surface area contributed by atoms with Gasteiger partial charge in [0.05, 0.1) is 35.7 Å². The van der Waals surface area contributed by atoms with Gasteiger partial charge < -0.3 is 14.8 Å². The number of nitrogens with one attached hydrogen (secondary N) is 1. The van der Waals surface area contributed by atoms with Crippen molar-refractivity contribution in [3.63, 3.8) is 0 Å². The average molecular weight is 555 g/mol. The number of benzene rings is 3. The van der Waals surface area contributed by atoms with Gasteiger partial charge in [-0.2, -0.15) is 5.26 Å². The highest BCUT2D eigenvalue weighted by Crippen LogP contribution is 2.39. The highest BCUT2D eigenvalue weighted by molar-refractivity contribution is 8.00. The molecule has 4 aromatic rings. The van der Waals surface area contributed by atoms with Crippen LogP contribution in [0.15, 0.2) is 77.8 Å². The molecule has 0 radical (unpaired) electrons. The number of pyridine rings is 1. The van der Waals surface area contributed by atoms with Crippen molar-refractivity contribution in [2.45, 2.75) is 24.1 Å². The van der Waals surface area contributed by atoms with Crippen LogP contribution >= 0.6 is 11.8 Å². The molecule has 0 aliphatic heterocycles. The highest BCUT2D eigenvalue weighted by atomic mass is 32.2. The van der Waals surface area contributed by atoms with Gasteiger partial charge in [0.15, 0.2) is 11.5 Å². The summed E-state index contributed by atoms with van der Waals surface area (Å²) in [4.78, 5) is 28.4. The van der Waals surface area contributed by atoms with Gasteiger partial charge in [-0.1, -0.05) is 53.7 Å². The van der Waals surface area contributed by atoms with E-state index < -0.39 is 10.2 Å². The molecule has 202 valence electrons. The number of carbonyl (C=O) groups is 1. The van der Waals surface area contributed by atoms with Crippen LogP contribution < -0.4 is 14.8 Å². The van der Waals surface area contributed by atoms with Crippen LogP contribution in [-0.2, 0) is 4.79 Å². The number of ether oxygens (including phenoxy) is 2. The van der Waals surface area contributed by atoms with E-state index in [1.165, 1.54) is 18.2 Å². The minimum atomic E-state index is -0.676. The minimum absolute atomic E-state index is 0.128. The molecule has 0 aliphatic carbocycles. The van der Waals surface area contributed by atoms with Crippen molar-refractivity contribution in [3.8, 4) is 40.0 Å². The number of aromatic nitrogens is 1. The number of hydrogen-bond donors (Lipinski definition) is 1. The fourth-order valence-electron chi connectivity index (χ4n) is 3.98. The molecule has 1 amide bonds. The van der Waals surface area contributed by atoms with Gasteiger partial charge in [-0.05, 0) is 43.7 Å². The smallest absolute Gasteiger partial charge is 0.271 e. The zero-order chi connectivity index (χ0) is 28.8. The second kappa shape index (κ2) is 12.3. The number of rotatable bonds is 9. The number of anilines is 1. The first-order chi connectivity index (χ1) is 19.2. The molecule has 10 heteroatoms. The Morgan fingerprint density at radius 3 is 2.38 bits per heavy atom. The first-order valence-corrected chi connectivity index (χ1v) is 13.1. The van der Waals surface area contributed by atoms with E-state index in [0.717, 1.165) is 28.5 Å². The summed E-state index contributed by atoms with van der Waals surface area (Å²) in [5.41, 5.74) is 4.42. The zero-order valence-corrected chi connectivity index (χ0v) is 23.1. The third-order valence-corrected chi connectivity index (χ3v) is 7.21. The maximum absolute atomic E-state index is 13.1. The molecule has 1 heterocycles.